The molecular weight excluding hydrogens is 271 g/mol. The zero-order chi connectivity index (χ0) is 9.65. The van der Waals surface area contributed by atoms with Gasteiger partial charge in [-0.25, -0.2) is 0 Å². The van der Waals surface area contributed by atoms with Crippen LogP contribution in [0.4, 0.5) is 13.2 Å². The molecule has 0 amide bonds. The first-order chi connectivity index (χ1) is 4.68. The van der Waals surface area contributed by atoms with E-state index in [9.17, 15) is 13.2 Å². The molecule has 0 aliphatic heterocycles. The van der Waals surface area contributed by atoms with Crippen molar-refractivity contribution < 1.29 is 13.2 Å². The molecule has 0 atom stereocenters. The van der Waals surface area contributed by atoms with Gasteiger partial charge in [0.2, 0.25) is 4.84 Å². The summed E-state index contributed by atoms with van der Waals surface area (Å²) < 4.78 is 32.7. The van der Waals surface area contributed by atoms with E-state index in [1.807, 2.05) is 0 Å². The van der Waals surface area contributed by atoms with Crippen LogP contribution in [0.5, 0.6) is 0 Å². The Kier molecular flexibility index (Phi) is 19.2. The third-order valence-corrected chi connectivity index (χ3v) is 0.742. The van der Waals surface area contributed by atoms with E-state index in [0.29, 0.717) is 5.03 Å². The fourth-order valence-electron chi connectivity index (χ4n) is 0. The molecule has 0 bridgehead atoms. The van der Waals surface area contributed by atoms with Crippen LogP contribution in [0.3, 0.4) is 0 Å². The van der Waals surface area contributed by atoms with Gasteiger partial charge in [-0.3, -0.25) is 0 Å². The van der Waals surface area contributed by atoms with Gasteiger partial charge in [-0.05, 0) is 6.92 Å². The Balaban J connectivity index is -0.0000000600. The van der Waals surface area contributed by atoms with Gasteiger partial charge >= 0.3 is 6.18 Å². The fourth-order valence-corrected chi connectivity index (χ4v) is 0. The predicted octanol–water partition coefficient (Wildman–Crippen LogP) is 4.98. The Morgan fingerprint density at radius 3 is 1.38 bits per heavy atom. The van der Waals surface area contributed by atoms with Gasteiger partial charge in [0.25, 0.3) is 0 Å². The molecule has 0 saturated heterocycles. The van der Waals surface area contributed by atoms with Crippen LogP contribution >= 0.6 is 47.2 Å². The monoisotopic (exact) mass is 279 g/mol. The SMILES string of the molecule is C=C(C)Cl.Cl.FC(F)(F)C(Cl)Cl.[CH3+]. The summed E-state index contributed by atoms with van der Waals surface area (Å²) in [5.74, 6) is 0. The number of allylic oxidation sites excluding steroid dienone is 1. The van der Waals surface area contributed by atoms with E-state index in [1.54, 1.807) is 6.92 Å². The molecule has 0 unspecified atom stereocenters. The Morgan fingerprint density at radius 1 is 1.31 bits per heavy atom. The molecule has 0 fully saturated rings. The fraction of sp³-hybridized carbons (Fsp3) is 0.500. The minimum absolute atomic E-state index is 0. The first kappa shape index (κ1) is 23.4. The number of rotatable bonds is 0. The molecule has 0 aromatic rings. The largest absolute Gasteiger partial charge is 0.418 e. The van der Waals surface area contributed by atoms with Crippen LogP contribution in [0.15, 0.2) is 11.6 Å². The minimum atomic E-state index is -4.47. The van der Waals surface area contributed by atoms with Gasteiger partial charge in [-0.15, -0.1) is 12.4 Å². The third kappa shape index (κ3) is 32.5. The maximum absolute atomic E-state index is 10.9. The summed E-state index contributed by atoms with van der Waals surface area (Å²) in [7, 11) is 0. The van der Waals surface area contributed by atoms with Gasteiger partial charge in [-0.2, -0.15) is 13.2 Å². The molecule has 13 heavy (non-hydrogen) atoms. The molecule has 7 heteroatoms. The van der Waals surface area contributed by atoms with Crippen molar-refractivity contribution in [3.05, 3.63) is 19.0 Å². The molecule has 0 aliphatic rings. The zero-order valence-corrected chi connectivity index (χ0v) is 10.0. The van der Waals surface area contributed by atoms with Gasteiger partial charge in [0.1, 0.15) is 0 Å². The van der Waals surface area contributed by atoms with Crippen LogP contribution in [-0.4, -0.2) is 11.0 Å². The number of halogens is 7. The third-order valence-electron chi connectivity index (χ3n) is 0.247. The molecule has 0 aromatic heterocycles. The second-order valence-corrected chi connectivity index (χ2v) is 3.26. The van der Waals surface area contributed by atoms with E-state index in [4.69, 9.17) is 11.6 Å². The van der Waals surface area contributed by atoms with Crippen molar-refractivity contribution in [2.75, 3.05) is 0 Å². The second-order valence-electron chi connectivity index (χ2n) is 1.52. The lowest BCUT2D eigenvalue weighted by atomic mass is 10.8. The van der Waals surface area contributed by atoms with E-state index < -0.39 is 11.0 Å². The van der Waals surface area contributed by atoms with Crippen LogP contribution in [0.25, 0.3) is 0 Å². The Labute approximate surface area is 97.4 Å². The summed E-state index contributed by atoms with van der Waals surface area (Å²) in [6.45, 7) is 5.06. The maximum Gasteiger partial charge on any atom is 0.418 e. The molecule has 0 rings (SSSR count). The van der Waals surface area contributed by atoms with Crippen LogP contribution in [0.1, 0.15) is 6.92 Å². The lowest BCUT2D eigenvalue weighted by Gasteiger charge is -2.03. The molecule has 0 nitrogen and oxygen atoms in total. The van der Waals surface area contributed by atoms with Crippen molar-refractivity contribution >= 4 is 47.2 Å². The van der Waals surface area contributed by atoms with E-state index in [2.05, 4.69) is 29.8 Å². The smallest absolute Gasteiger partial charge is 0.168 e. The van der Waals surface area contributed by atoms with Crippen LogP contribution in [0, 0.1) is 7.43 Å². The average Bonchev–Trinajstić information content (AvgIpc) is 1.59. The topological polar surface area (TPSA) is 0 Å². The van der Waals surface area contributed by atoms with Gasteiger partial charge in [0, 0.05) is 12.5 Å². The number of alkyl halides is 5. The van der Waals surface area contributed by atoms with Gasteiger partial charge < -0.3 is 0 Å². The van der Waals surface area contributed by atoms with Gasteiger partial charge in [-0.1, -0.05) is 41.4 Å². The molecule has 0 radical (unpaired) electrons. The quantitative estimate of drug-likeness (QED) is 0.433. The summed E-state index contributed by atoms with van der Waals surface area (Å²) in [5, 5.41) is 0.639. The Morgan fingerprint density at radius 2 is 1.38 bits per heavy atom. The standard InChI is InChI=1S/C3H5Cl.C2HCl2F3.CH3.ClH/c1-3(2)4;3-1(4)2(5,6)7;;/h1H2,2H3;1H;1H3;1H/q;;+1;. The predicted molar refractivity (Wildman–Crippen MR) is 55.9 cm³/mol. The molecule has 0 aliphatic carbocycles. The van der Waals surface area contributed by atoms with Crippen LogP contribution in [0.2, 0.25) is 0 Å². The highest BCUT2D eigenvalue weighted by Gasteiger charge is 2.36. The van der Waals surface area contributed by atoms with E-state index in [1.165, 1.54) is 0 Å². The molecule has 82 valence electrons. The molecule has 0 N–H and O–H groups in total. The van der Waals surface area contributed by atoms with E-state index in [-0.39, 0.29) is 19.8 Å². The average molecular weight is 281 g/mol. The Bertz CT molecular complexity index is 118. The van der Waals surface area contributed by atoms with Gasteiger partial charge in [0.15, 0.2) is 0 Å². The van der Waals surface area contributed by atoms with Crippen molar-refractivity contribution in [1.29, 1.82) is 0 Å². The summed E-state index contributed by atoms with van der Waals surface area (Å²) in [6.07, 6.45) is -4.47. The molecule has 0 saturated carbocycles. The number of hydrogen-bond donors (Lipinski definition) is 0. The summed E-state index contributed by atoms with van der Waals surface area (Å²) in [4.78, 5) is -2.26. The highest BCUT2D eigenvalue weighted by molar-refractivity contribution is 6.44. The lowest BCUT2D eigenvalue weighted by Crippen LogP contribution is -2.16. The molecular formula is C6H10Cl4F3+. The van der Waals surface area contributed by atoms with Crippen LogP contribution < -0.4 is 0 Å². The molecule has 0 aromatic carbocycles. The van der Waals surface area contributed by atoms with Gasteiger partial charge in [0.05, 0.1) is 0 Å². The Hall–Kier alpha value is 0.560. The van der Waals surface area contributed by atoms with Crippen molar-refractivity contribution in [2.45, 2.75) is 17.9 Å². The van der Waals surface area contributed by atoms with Crippen molar-refractivity contribution in [3.8, 4) is 0 Å². The van der Waals surface area contributed by atoms with Crippen molar-refractivity contribution in [2.24, 2.45) is 0 Å². The minimum Gasteiger partial charge on any atom is -0.168 e. The van der Waals surface area contributed by atoms with E-state index >= 15 is 0 Å². The normalized spacial score (nSPS) is 8.92. The van der Waals surface area contributed by atoms with Crippen LogP contribution in [-0.2, 0) is 0 Å². The highest BCUT2D eigenvalue weighted by Crippen LogP contribution is 2.26. The number of hydrogen-bond acceptors (Lipinski definition) is 0. The zero-order valence-electron chi connectivity index (χ0n) is 6.96. The lowest BCUT2D eigenvalue weighted by molar-refractivity contribution is -0.115. The second kappa shape index (κ2) is 10.6. The maximum atomic E-state index is 10.9. The molecule has 0 spiro atoms. The first-order valence-electron chi connectivity index (χ1n) is 2.33. The molecule has 0 heterocycles. The highest BCUT2D eigenvalue weighted by atomic mass is 35.5. The summed E-state index contributed by atoms with van der Waals surface area (Å²) in [5.41, 5.74) is 0. The van der Waals surface area contributed by atoms with E-state index in [0.717, 1.165) is 0 Å². The summed E-state index contributed by atoms with van der Waals surface area (Å²) >= 11 is 13.9. The summed E-state index contributed by atoms with van der Waals surface area (Å²) in [6, 6.07) is 0. The first-order valence-corrected chi connectivity index (χ1v) is 3.59. The van der Waals surface area contributed by atoms with Crippen molar-refractivity contribution in [3.63, 3.8) is 0 Å². The van der Waals surface area contributed by atoms with Crippen molar-refractivity contribution in [1.82, 2.24) is 0 Å².